The van der Waals surface area contributed by atoms with Crippen LogP contribution in [-0.4, -0.2) is 11.2 Å². The molecule has 1 heterocycles. The number of halogens is 2. The van der Waals surface area contributed by atoms with E-state index in [1.54, 1.807) is 12.4 Å². The Bertz CT molecular complexity index is 349. The third-order valence-corrected chi connectivity index (χ3v) is 2.90. The van der Waals surface area contributed by atoms with Crippen molar-refractivity contribution in [2.75, 3.05) is 0 Å². The standard InChI is InChI=1S/C8H8BrClN2.C4H10/c1-3-11-7-5(2)8(10)12-4-6(7)9;1-3-4-2/h3-4H,1-2H3;3-4H2,1-2H3. The first-order chi connectivity index (χ1) is 7.58. The van der Waals surface area contributed by atoms with E-state index in [2.05, 4.69) is 39.8 Å². The molecule has 1 rings (SSSR count). The molecule has 0 unspecified atom stereocenters. The molecule has 0 spiro atoms. The van der Waals surface area contributed by atoms with Crippen molar-refractivity contribution in [1.29, 1.82) is 0 Å². The number of hydrogen-bond donors (Lipinski definition) is 0. The van der Waals surface area contributed by atoms with Gasteiger partial charge in [0.1, 0.15) is 5.15 Å². The van der Waals surface area contributed by atoms with Gasteiger partial charge in [-0.25, -0.2) is 4.98 Å². The summed E-state index contributed by atoms with van der Waals surface area (Å²) in [6.45, 7) is 8.11. The molecule has 16 heavy (non-hydrogen) atoms. The zero-order valence-corrected chi connectivity index (χ0v) is 12.6. The lowest BCUT2D eigenvalue weighted by atomic mass is 10.3. The summed E-state index contributed by atoms with van der Waals surface area (Å²) in [5, 5.41) is 0.499. The van der Waals surface area contributed by atoms with Crippen LogP contribution in [0.4, 0.5) is 5.69 Å². The first-order valence-corrected chi connectivity index (χ1v) is 6.54. The van der Waals surface area contributed by atoms with Gasteiger partial charge in [0.2, 0.25) is 0 Å². The van der Waals surface area contributed by atoms with Crippen LogP contribution in [0.5, 0.6) is 0 Å². The third kappa shape index (κ3) is 5.08. The first-order valence-electron chi connectivity index (χ1n) is 5.37. The average molecular weight is 306 g/mol. The van der Waals surface area contributed by atoms with E-state index in [1.165, 1.54) is 12.8 Å². The highest BCUT2D eigenvalue weighted by Crippen LogP contribution is 2.31. The molecule has 1 aromatic heterocycles. The molecule has 0 radical (unpaired) electrons. The Morgan fingerprint density at radius 2 is 2.00 bits per heavy atom. The maximum Gasteiger partial charge on any atom is 0.134 e. The predicted octanol–water partition coefficient (Wildman–Crippen LogP) is 5.33. The molecule has 90 valence electrons. The Hall–Kier alpha value is -0.410. The Balaban J connectivity index is 0.000000487. The molecule has 4 heteroatoms. The van der Waals surface area contributed by atoms with Gasteiger partial charge >= 0.3 is 0 Å². The molecular weight excluding hydrogens is 288 g/mol. The highest BCUT2D eigenvalue weighted by Gasteiger charge is 2.05. The minimum atomic E-state index is 0.499. The van der Waals surface area contributed by atoms with E-state index < -0.39 is 0 Å². The first kappa shape index (κ1) is 15.6. The van der Waals surface area contributed by atoms with Gasteiger partial charge in [-0.05, 0) is 29.8 Å². The monoisotopic (exact) mass is 304 g/mol. The fraction of sp³-hybridized carbons (Fsp3) is 0.500. The maximum atomic E-state index is 5.82. The zero-order valence-electron chi connectivity index (χ0n) is 10.2. The molecule has 0 amide bonds. The molecule has 0 N–H and O–H groups in total. The van der Waals surface area contributed by atoms with Gasteiger partial charge in [-0.1, -0.05) is 38.3 Å². The van der Waals surface area contributed by atoms with Crippen LogP contribution in [0, 0.1) is 6.92 Å². The number of pyridine rings is 1. The summed E-state index contributed by atoms with van der Waals surface area (Å²) >= 11 is 9.16. The normalized spacial score (nSPS) is 10.1. The Labute approximate surface area is 111 Å². The summed E-state index contributed by atoms with van der Waals surface area (Å²) in [4.78, 5) is 8.14. The topological polar surface area (TPSA) is 25.2 Å². The van der Waals surface area contributed by atoms with Crippen LogP contribution in [0.3, 0.4) is 0 Å². The molecule has 0 atom stereocenters. The second kappa shape index (κ2) is 8.71. The van der Waals surface area contributed by atoms with Crippen molar-refractivity contribution in [3.05, 3.63) is 21.4 Å². The number of unbranched alkanes of at least 4 members (excludes halogenated alkanes) is 1. The van der Waals surface area contributed by atoms with Crippen molar-refractivity contribution in [2.45, 2.75) is 40.5 Å². The predicted molar refractivity (Wildman–Crippen MR) is 76.1 cm³/mol. The molecule has 0 bridgehead atoms. The molecule has 1 aromatic rings. The van der Waals surface area contributed by atoms with Crippen LogP contribution in [0.15, 0.2) is 15.7 Å². The lowest BCUT2D eigenvalue weighted by Crippen LogP contribution is -1.83. The van der Waals surface area contributed by atoms with Gasteiger partial charge in [0.25, 0.3) is 0 Å². The van der Waals surface area contributed by atoms with E-state index in [9.17, 15) is 0 Å². The van der Waals surface area contributed by atoms with Gasteiger partial charge < -0.3 is 0 Å². The van der Waals surface area contributed by atoms with Crippen molar-refractivity contribution < 1.29 is 0 Å². The smallest absolute Gasteiger partial charge is 0.134 e. The van der Waals surface area contributed by atoms with Crippen molar-refractivity contribution in [3.8, 4) is 0 Å². The van der Waals surface area contributed by atoms with Crippen LogP contribution >= 0.6 is 27.5 Å². The maximum absolute atomic E-state index is 5.82. The van der Waals surface area contributed by atoms with Crippen molar-refractivity contribution in [3.63, 3.8) is 0 Å². The van der Waals surface area contributed by atoms with E-state index in [0.717, 1.165) is 15.7 Å². The van der Waals surface area contributed by atoms with Crippen LogP contribution in [0.1, 0.15) is 39.2 Å². The highest BCUT2D eigenvalue weighted by molar-refractivity contribution is 9.10. The molecule has 0 saturated heterocycles. The Morgan fingerprint density at radius 1 is 1.44 bits per heavy atom. The van der Waals surface area contributed by atoms with Gasteiger partial charge in [0.15, 0.2) is 0 Å². The SMILES string of the molecule is CC=Nc1c(Br)cnc(Cl)c1C.CCCC. The summed E-state index contributed by atoms with van der Waals surface area (Å²) in [7, 11) is 0. The third-order valence-electron chi connectivity index (χ3n) is 1.94. The minimum absolute atomic E-state index is 0.499. The summed E-state index contributed by atoms with van der Waals surface area (Å²) in [6, 6.07) is 0. The Kier molecular flexibility index (Phi) is 8.49. The second-order valence-electron chi connectivity index (χ2n) is 3.26. The van der Waals surface area contributed by atoms with Crippen molar-refractivity contribution in [2.24, 2.45) is 4.99 Å². The van der Waals surface area contributed by atoms with E-state index >= 15 is 0 Å². The van der Waals surface area contributed by atoms with Gasteiger partial charge in [-0.3, -0.25) is 4.99 Å². The van der Waals surface area contributed by atoms with Crippen LogP contribution in [0.2, 0.25) is 5.15 Å². The van der Waals surface area contributed by atoms with Crippen molar-refractivity contribution in [1.82, 2.24) is 4.98 Å². The number of rotatable bonds is 2. The second-order valence-corrected chi connectivity index (χ2v) is 4.47. The molecule has 0 aromatic carbocycles. The van der Waals surface area contributed by atoms with Crippen LogP contribution in [0.25, 0.3) is 0 Å². The lowest BCUT2D eigenvalue weighted by molar-refractivity contribution is 0.886. The van der Waals surface area contributed by atoms with Crippen molar-refractivity contribution >= 4 is 39.4 Å². The molecular formula is C12H18BrClN2. The molecule has 0 aliphatic heterocycles. The Morgan fingerprint density at radius 3 is 2.44 bits per heavy atom. The summed E-state index contributed by atoms with van der Waals surface area (Å²) < 4.78 is 0.863. The summed E-state index contributed by atoms with van der Waals surface area (Å²) in [6.07, 6.45) is 6.01. The molecule has 2 nitrogen and oxygen atoms in total. The molecule has 0 saturated carbocycles. The van der Waals surface area contributed by atoms with Crippen LogP contribution in [-0.2, 0) is 0 Å². The molecule has 0 aliphatic carbocycles. The summed E-state index contributed by atoms with van der Waals surface area (Å²) in [5.74, 6) is 0. The molecule has 0 aliphatic rings. The largest absolute Gasteiger partial charge is 0.260 e. The quantitative estimate of drug-likeness (QED) is 0.535. The average Bonchev–Trinajstić information content (AvgIpc) is 2.30. The van der Waals surface area contributed by atoms with Gasteiger partial charge in [-0.15, -0.1) is 0 Å². The number of nitrogens with zero attached hydrogens (tertiary/aromatic N) is 2. The fourth-order valence-corrected chi connectivity index (χ4v) is 1.48. The van der Waals surface area contributed by atoms with Gasteiger partial charge in [0.05, 0.1) is 10.2 Å². The van der Waals surface area contributed by atoms with E-state index in [-0.39, 0.29) is 0 Å². The number of hydrogen-bond acceptors (Lipinski definition) is 2. The van der Waals surface area contributed by atoms with Gasteiger partial charge in [-0.2, -0.15) is 0 Å². The number of aliphatic imine (C=N–C) groups is 1. The summed E-state index contributed by atoms with van der Waals surface area (Å²) in [5.41, 5.74) is 1.74. The minimum Gasteiger partial charge on any atom is -0.260 e. The fourth-order valence-electron chi connectivity index (χ4n) is 0.836. The number of aromatic nitrogens is 1. The molecule has 0 fully saturated rings. The lowest BCUT2D eigenvalue weighted by Gasteiger charge is -2.03. The van der Waals surface area contributed by atoms with E-state index in [1.807, 2.05) is 13.8 Å². The van der Waals surface area contributed by atoms with Crippen LogP contribution < -0.4 is 0 Å². The highest BCUT2D eigenvalue weighted by atomic mass is 79.9. The zero-order chi connectivity index (χ0) is 12.6. The van der Waals surface area contributed by atoms with Gasteiger partial charge in [0, 0.05) is 18.0 Å². The van der Waals surface area contributed by atoms with E-state index in [4.69, 9.17) is 11.6 Å². The van der Waals surface area contributed by atoms with E-state index in [0.29, 0.717) is 5.15 Å².